The Morgan fingerprint density at radius 2 is 2.20 bits per heavy atom. The Morgan fingerprint density at radius 1 is 1.35 bits per heavy atom. The molecule has 0 aliphatic carbocycles. The van der Waals surface area contributed by atoms with Gasteiger partial charge in [-0.05, 0) is 30.2 Å². The zero-order chi connectivity index (χ0) is 14.1. The summed E-state index contributed by atoms with van der Waals surface area (Å²) in [5.74, 6) is 0.779. The van der Waals surface area contributed by atoms with Gasteiger partial charge in [0.25, 0.3) is 0 Å². The molecule has 0 unspecified atom stereocenters. The number of rotatable bonds is 3. The van der Waals surface area contributed by atoms with Crippen LogP contribution in [0.4, 0.5) is 4.39 Å². The average Bonchev–Trinajstić information content (AvgIpc) is 2.95. The van der Waals surface area contributed by atoms with E-state index in [0.29, 0.717) is 0 Å². The lowest BCUT2D eigenvalue weighted by Gasteiger charge is -2.14. The largest absolute Gasteiger partial charge is 0.356 e. The fourth-order valence-electron chi connectivity index (χ4n) is 2.67. The molecular weight excluding hydrogens is 255 g/mol. The number of hydrogen-bond acceptors (Lipinski definition) is 3. The minimum Gasteiger partial charge on any atom is -0.356 e. The molecule has 5 heteroatoms. The molecule has 1 N–H and O–H groups in total. The quantitative estimate of drug-likeness (QED) is 0.925. The minimum atomic E-state index is -0.190. The zero-order valence-corrected chi connectivity index (χ0v) is 11.9. The van der Waals surface area contributed by atoms with Gasteiger partial charge < -0.3 is 14.8 Å². The van der Waals surface area contributed by atoms with Crippen molar-refractivity contribution in [2.24, 2.45) is 12.0 Å². The lowest BCUT2D eigenvalue weighted by atomic mass is 10.1. The number of aromatic nitrogens is 1. The first-order valence-electron chi connectivity index (χ1n) is 6.88. The molecule has 1 aliphatic heterocycles. The van der Waals surface area contributed by atoms with Crippen LogP contribution in [-0.4, -0.2) is 42.1 Å². The maximum atomic E-state index is 13.3. The number of fused-ring (bicyclic) bond motifs is 1. The highest BCUT2D eigenvalue weighted by atomic mass is 19.1. The van der Waals surface area contributed by atoms with E-state index in [1.165, 1.54) is 11.6 Å². The smallest absolute Gasteiger partial charge is 0.193 e. The number of halogens is 1. The van der Waals surface area contributed by atoms with Gasteiger partial charge in [0.1, 0.15) is 5.82 Å². The summed E-state index contributed by atoms with van der Waals surface area (Å²) in [4.78, 5) is 6.53. The SMILES string of the molecule is CN1CCN=C1NCCc1cn(C)c2cc(F)ccc12. The van der Waals surface area contributed by atoms with Gasteiger partial charge in [0.2, 0.25) is 0 Å². The second kappa shape index (κ2) is 5.15. The molecule has 0 saturated carbocycles. The van der Waals surface area contributed by atoms with Gasteiger partial charge in [-0.1, -0.05) is 0 Å². The van der Waals surface area contributed by atoms with Gasteiger partial charge in [0, 0.05) is 38.8 Å². The Kier molecular flexibility index (Phi) is 3.34. The Bertz CT molecular complexity index is 659. The van der Waals surface area contributed by atoms with Gasteiger partial charge in [-0.15, -0.1) is 0 Å². The van der Waals surface area contributed by atoms with Crippen LogP contribution in [0.15, 0.2) is 29.4 Å². The van der Waals surface area contributed by atoms with Crippen LogP contribution in [0, 0.1) is 5.82 Å². The summed E-state index contributed by atoms with van der Waals surface area (Å²) < 4.78 is 15.3. The molecule has 0 spiro atoms. The number of likely N-dealkylation sites (N-methyl/N-ethyl adjacent to an activating group) is 1. The van der Waals surface area contributed by atoms with Crippen molar-refractivity contribution in [3.63, 3.8) is 0 Å². The summed E-state index contributed by atoms with van der Waals surface area (Å²) in [6.45, 7) is 2.68. The van der Waals surface area contributed by atoms with Crippen LogP contribution in [0.5, 0.6) is 0 Å². The highest BCUT2D eigenvalue weighted by Gasteiger charge is 2.12. The van der Waals surface area contributed by atoms with Crippen LogP contribution in [0.2, 0.25) is 0 Å². The Morgan fingerprint density at radius 3 is 2.95 bits per heavy atom. The van der Waals surface area contributed by atoms with Gasteiger partial charge >= 0.3 is 0 Å². The fraction of sp³-hybridized carbons (Fsp3) is 0.400. The monoisotopic (exact) mass is 274 g/mol. The molecule has 2 aromatic rings. The second-order valence-corrected chi connectivity index (χ2v) is 5.23. The standard InChI is InChI=1S/C15H19FN4/c1-19-8-7-18-15(19)17-6-5-11-10-20(2)14-9-12(16)3-4-13(11)14/h3-4,9-10H,5-8H2,1-2H3,(H,17,18). The third-order valence-corrected chi connectivity index (χ3v) is 3.77. The summed E-state index contributed by atoms with van der Waals surface area (Å²) in [6.07, 6.45) is 2.97. The molecule has 2 heterocycles. The predicted octanol–water partition coefficient (Wildman–Crippen LogP) is 1.75. The van der Waals surface area contributed by atoms with E-state index < -0.39 is 0 Å². The fourth-order valence-corrected chi connectivity index (χ4v) is 2.67. The van der Waals surface area contributed by atoms with Crippen molar-refractivity contribution < 1.29 is 4.39 Å². The van der Waals surface area contributed by atoms with Crippen LogP contribution >= 0.6 is 0 Å². The number of guanidine groups is 1. The molecule has 3 rings (SSSR count). The molecule has 106 valence electrons. The first kappa shape index (κ1) is 13.0. The minimum absolute atomic E-state index is 0.190. The number of nitrogens with zero attached hydrogens (tertiary/aromatic N) is 3. The van der Waals surface area contributed by atoms with Crippen LogP contribution in [0.3, 0.4) is 0 Å². The number of benzene rings is 1. The van der Waals surface area contributed by atoms with E-state index in [1.54, 1.807) is 6.07 Å². The van der Waals surface area contributed by atoms with Crippen molar-refractivity contribution in [2.45, 2.75) is 6.42 Å². The van der Waals surface area contributed by atoms with Crippen molar-refractivity contribution in [1.29, 1.82) is 0 Å². The van der Waals surface area contributed by atoms with Crippen LogP contribution < -0.4 is 5.32 Å². The van der Waals surface area contributed by atoms with Crippen LogP contribution in [-0.2, 0) is 13.5 Å². The van der Waals surface area contributed by atoms with Crippen molar-refractivity contribution in [3.05, 3.63) is 35.8 Å². The van der Waals surface area contributed by atoms with Gasteiger partial charge in [-0.2, -0.15) is 0 Å². The van der Waals surface area contributed by atoms with Crippen molar-refractivity contribution in [1.82, 2.24) is 14.8 Å². The molecule has 20 heavy (non-hydrogen) atoms. The van der Waals surface area contributed by atoms with Gasteiger partial charge in [-0.3, -0.25) is 4.99 Å². The van der Waals surface area contributed by atoms with E-state index in [0.717, 1.165) is 42.9 Å². The van der Waals surface area contributed by atoms with Gasteiger partial charge in [0.15, 0.2) is 5.96 Å². The molecule has 1 aromatic carbocycles. The second-order valence-electron chi connectivity index (χ2n) is 5.23. The van der Waals surface area contributed by atoms with Crippen molar-refractivity contribution in [3.8, 4) is 0 Å². The number of aryl methyl sites for hydroxylation is 1. The zero-order valence-electron chi connectivity index (χ0n) is 11.9. The summed E-state index contributed by atoms with van der Waals surface area (Å²) >= 11 is 0. The Hall–Kier alpha value is -2.04. The normalized spacial score (nSPS) is 14.9. The van der Waals surface area contributed by atoms with E-state index in [2.05, 4.69) is 21.4 Å². The third-order valence-electron chi connectivity index (χ3n) is 3.77. The van der Waals surface area contributed by atoms with Gasteiger partial charge in [0.05, 0.1) is 12.1 Å². The van der Waals surface area contributed by atoms with E-state index in [4.69, 9.17) is 0 Å². The molecule has 0 atom stereocenters. The summed E-state index contributed by atoms with van der Waals surface area (Å²) in [5.41, 5.74) is 2.17. The summed E-state index contributed by atoms with van der Waals surface area (Å²) in [7, 11) is 3.99. The first-order chi connectivity index (χ1) is 9.65. The molecule has 0 bridgehead atoms. The highest BCUT2D eigenvalue weighted by Crippen LogP contribution is 2.21. The highest BCUT2D eigenvalue weighted by molar-refractivity contribution is 5.84. The van der Waals surface area contributed by atoms with Crippen molar-refractivity contribution >= 4 is 16.9 Å². The summed E-state index contributed by atoms with van der Waals surface area (Å²) in [5, 5.41) is 4.48. The average molecular weight is 274 g/mol. The summed E-state index contributed by atoms with van der Waals surface area (Å²) in [6, 6.07) is 4.97. The maximum Gasteiger partial charge on any atom is 0.193 e. The number of hydrogen-bond donors (Lipinski definition) is 1. The topological polar surface area (TPSA) is 32.6 Å². The predicted molar refractivity (Wildman–Crippen MR) is 79.5 cm³/mol. The van der Waals surface area contributed by atoms with E-state index in [9.17, 15) is 4.39 Å². The molecule has 1 aliphatic rings. The van der Waals surface area contributed by atoms with E-state index in [1.807, 2.05) is 24.7 Å². The number of nitrogens with one attached hydrogen (secondary N) is 1. The van der Waals surface area contributed by atoms with Crippen molar-refractivity contribution in [2.75, 3.05) is 26.7 Å². The molecule has 0 saturated heterocycles. The maximum absolute atomic E-state index is 13.3. The molecule has 4 nitrogen and oxygen atoms in total. The van der Waals surface area contributed by atoms with Gasteiger partial charge in [-0.25, -0.2) is 4.39 Å². The Balaban J connectivity index is 1.72. The molecule has 0 fully saturated rings. The van der Waals surface area contributed by atoms with E-state index >= 15 is 0 Å². The van der Waals surface area contributed by atoms with Crippen LogP contribution in [0.25, 0.3) is 10.9 Å². The molecule has 1 aromatic heterocycles. The lowest BCUT2D eigenvalue weighted by molar-refractivity contribution is 0.534. The molecule has 0 amide bonds. The first-order valence-corrected chi connectivity index (χ1v) is 6.88. The number of aliphatic imine (C=N–C) groups is 1. The molecular formula is C15H19FN4. The van der Waals surface area contributed by atoms with E-state index in [-0.39, 0.29) is 5.82 Å². The van der Waals surface area contributed by atoms with Crippen LogP contribution in [0.1, 0.15) is 5.56 Å². The third kappa shape index (κ3) is 2.35. The lowest BCUT2D eigenvalue weighted by Crippen LogP contribution is -2.36. The Labute approximate surface area is 117 Å². The molecule has 0 radical (unpaired) electrons.